The second kappa shape index (κ2) is 7.62. The number of hydrogen-bond acceptors (Lipinski definition) is 2. The van der Waals surface area contributed by atoms with Gasteiger partial charge in [-0.3, -0.25) is 4.68 Å². The number of rotatable bonds is 7. The molecule has 2 aromatic rings. The van der Waals surface area contributed by atoms with Gasteiger partial charge in [0.15, 0.2) is 0 Å². The van der Waals surface area contributed by atoms with E-state index in [0.29, 0.717) is 5.92 Å². The van der Waals surface area contributed by atoms with Gasteiger partial charge < -0.3 is 5.32 Å². The predicted molar refractivity (Wildman–Crippen MR) is 88.9 cm³/mol. The molecule has 114 valence electrons. The summed E-state index contributed by atoms with van der Waals surface area (Å²) in [7, 11) is 4.04. The first kappa shape index (κ1) is 16.1. The van der Waals surface area contributed by atoms with Crippen LogP contribution in [0, 0.1) is 5.92 Å². The molecule has 1 heterocycles. The Kier molecular flexibility index (Phi) is 5.83. The summed E-state index contributed by atoms with van der Waals surface area (Å²) in [5, 5.41) is 8.64. The normalized spacial score (nSPS) is 12.6. The van der Waals surface area contributed by atoms with E-state index in [-0.39, 0.29) is 0 Å². The molecule has 0 fully saturated rings. The van der Waals surface area contributed by atoms with Crippen LogP contribution in [0.5, 0.6) is 0 Å². The summed E-state index contributed by atoms with van der Waals surface area (Å²) in [4.78, 5) is 0. The summed E-state index contributed by atoms with van der Waals surface area (Å²) >= 11 is 5.95. The largest absolute Gasteiger partial charge is 0.319 e. The van der Waals surface area contributed by atoms with Crippen molar-refractivity contribution in [3.05, 3.63) is 52.3 Å². The van der Waals surface area contributed by atoms with Crippen LogP contribution in [0.2, 0.25) is 5.02 Å². The van der Waals surface area contributed by atoms with E-state index in [0.717, 1.165) is 30.8 Å². The van der Waals surface area contributed by atoms with Crippen molar-refractivity contribution in [1.29, 1.82) is 0 Å². The van der Waals surface area contributed by atoms with E-state index < -0.39 is 0 Å². The number of aryl methyl sites for hydroxylation is 2. The Morgan fingerprint density at radius 1 is 1.24 bits per heavy atom. The maximum Gasteiger partial charge on any atom is 0.0624 e. The van der Waals surface area contributed by atoms with Crippen LogP contribution in [-0.4, -0.2) is 23.4 Å². The Morgan fingerprint density at radius 2 is 1.95 bits per heavy atom. The second-order valence-electron chi connectivity index (χ2n) is 5.56. The molecular formula is C17H24ClN3. The van der Waals surface area contributed by atoms with Crippen LogP contribution in [0.25, 0.3) is 0 Å². The number of nitrogens with zero attached hydrogens (tertiary/aromatic N) is 2. The van der Waals surface area contributed by atoms with Gasteiger partial charge in [0, 0.05) is 17.8 Å². The monoisotopic (exact) mass is 305 g/mol. The molecule has 0 aliphatic heterocycles. The fraction of sp³-hybridized carbons (Fsp3) is 0.471. The van der Waals surface area contributed by atoms with Crippen molar-refractivity contribution in [2.45, 2.75) is 26.2 Å². The number of aromatic nitrogens is 2. The summed E-state index contributed by atoms with van der Waals surface area (Å²) in [5.74, 6) is 0.552. The van der Waals surface area contributed by atoms with Crippen LogP contribution in [-0.2, 0) is 26.3 Å². The highest BCUT2D eigenvalue weighted by Gasteiger charge is 2.13. The van der Waals surface area contributed by atoms with Crippen molar-refractivity contribution >= 4 is 11.6 Å². The van der Waals surface area contributed by atoms with Gasteiger partial charge in [-0.25, -0.2) is 0 Å². The number of hydrogen-bond donors (Lipinski definition) is 1. The molecule has 21 heavy (non-hydrogen) atoms. The molecule has 1 unspecified atom stereocenters. The summed E-state index contributed by atoms with van der Waals surface area (Å²) in [5.41, 5.74) is 3.81. The topological polar surface area (TPSA) is 29.9 Å². The van der Waals surface area contributed by atoms with Crippen molar-refractivity contribution in [2.24, 2.45) is 13.0 Å². The van der Waals surface area contributed by atoms with Crippen LogP contribution in [0.4, 0.5) is 0 Å². The Morgan fingerprint density at radius 3 is 2.52 bits per heavy atom. The number of benzene rings is 1. The van der Waals surface area contributed by atoms with E-state index in [4.69, 9.17) is 11.6 Å². The smallest absolute Gasteiger partial charge is 0.0624 e. The molecular weight excluding hydrogens is 282 g/mol. The summed E-state index contributed by atoms with van der Waals surface area (Å²) in [6.07, 6.45) is 3.07. The minimum atomic E-state index is 0.552. The molecule has 0 saturated carbocycles. The lowest BCUT2D eigenvalue weighted by atomic mass is 9.94. The second-order valence-corrected chi connectivity index (χ2v) is 6.00. The average molecular weight is 306 g/mol. The van der Waals surface area contributed by atoms with Gasteiger partial charge in [0.1, 0.15) is 0 Å². The molecule has 0 saturated heterocycles. The van der Waals surface area contributed by atoms with E-state index in [1.807, 2.05) is 30.9 Å². The summed E-state index contributed by atoms with van der Waals surface area (Å²) in [6, 6.07) is 10.4. The molecule has 1 aromatic carbocycles. The third-order valence-corrected chi connectivity index (χ3v) is 4.07. The fourth-order valence-electron chi connectivity index (χ4n) is 2.69. The third-order valence-electron chi connectivity index (χ3n) is 3.82. The van der Waals surface area contributed by atoms with Crippen LogP contribution in [0.3, 0.4) is 0 Å². The Labute approximate surface area is 132 Å². The van der Waals surface area contributed by atoms with Crippen molar-refractivity contribution in [2.75, 3.05) is 13.6 Å². The van der Waals surface area contributed by atoms with Gasteiger partial charge in [-0.05, 0) is 62.5 Å². The summed E-state index contributed by atoms with van der Waals surface area (Å²) in [6.45, 7) is 3.14. The highest BCUT2D eigenvalue weighted by molar-refractivity contribution is 6.30. The molecule has 0 amide bonds. The zero-order valence-corrected chi connectivity index (χ0v) is 13.8. The zero-order valence-electron chi connectivity index (χ0n) is 13.1. The van der Waals surface area contributed by atoms with Gasteiger partial charge in [-0.2, -0.15) is 5.10 Å². The van der Waals surface area contributed by atoms with Gasteiger partial charge in [0.2, 0.25) is 0 Å². The van der Waals surface area contributed by atoms with Crippen LogP contribution in [0.1, 0.15) is 23.9 Å². The van der Waals surface area contributed by atoms with Gasteiger partial charge in [0.25, 0.3) is 0 Å². The highest BCUT2D eigenvalue weighted by Crippen LogP contribution is 2.17. The van der Waals surface area contributed by atoms with Gasteiger partial charge in [0.05, 0.1) is 5.69 Å². The molecule has 2 rings (SSSR count). The minimum Gasteiger partial charge on any atom is -0.319 e. The maximum absolute atomic E-state index is 5.95. The van der Waals surface area contributed by atoms with Crippen molar-refractivity contribution in [1.82, 2.24) is 15.1 Å². The van der Waals surface area contributed by atoms with Crippen molar-refractivity contribution < 1.29 is 0 Å². The molecule has 3 nitrogen and oxygen atoms in total. The lowest BCUT2D eigenvalue weighted by molar-refractivity contribution is 0.477. The fourth-order valence-corrected chi connectivity index (χ4v) is 2.82. The van der Waals surface area contributed by atoms with Crippen LogP contribution in [0.15, 0.2) is 30.3 Å². The molecule has 1 N–H and O–H groups in total. The Bertz CT molecular complexity index is 560. The molecule has 0 aliphatic carbocycles. The van der Waals surface area contributed by atoms with E-state index in [9.17, 15) is 0 Å². The first-order valence-electron chi connectivity index (χ1n) is 7.53. The van der Waals surface area contributed by atoms with Gasteiger partial charge in [-0.1, -0.05) is 30.7 Å². The van der Waals surface area contributed by atoms with Crippen molar-refractivity contribution in [3.63, 3.8) is 0 Å². The lowest BCUT2D eigenvalue weighted by Crippen LogP contribution is -2.23. The molecule has 1 atom stereocenters. The van der Waals surface area contributed by atoms with E-state index in [1.54, 1.807) is 0 Å². The van der Waals surface area contributed by atoms with E-state index >= 15 is 0 Å². The standard InChI is InChI=1S/C17H24ClN3/c1-4-16-11-17(21(3)20-16)10-14(12-19-2)9-13-5-7-15(18)8-6-13/h5-8,11,14,19H,4,9-10,12H2,1-3H3. The Balaban J connectivity index is 2.07. The number of halogens is 1. The Hall–Kier alpha value is -1.32. The molecule has 0 spiro atoms. The first-order chi connectivity index (χ1) is 10.1. The van der Waals surface area contributed by atoms with E-state index in [2.05, 4.69) is 35.5 Å². The van der Waals surface area contributed by atoms with E-state index in [1.165, 1.54) is 17.0 Å². The quantitative estimate of drug-likeness (QED) is 0.851. The molecule has 0 aliphatic rings. The van der Waals surface area contributed by atoms with Gasteiger partial charge >= 0.3 is 0 Å². The zero-order chi connectivity index (χ0) is 15.2. The predicted octanol–water partition coefficient (Wildman–Crippen LogP) is 3.26. The van der Waals surface area contributed by atoms with Gasteiger partial charge in [-0.15, -0.1) is 0 Å². The highest BCUT2D eigenvalue weighted by atomic mass is 35.5. The molecule has 1 aromatic heterocycles. The molecule has 0 radical (unpaired) electrons. The minimum absolute atomic E-state index is 0.552. The number of nitrogens with one attached hydrogen (secondary N) is 1. The maximum atomic E-state index is 5.95. The summed E-state index contributed by atoms with van der Waals surface area (Å²) < 4.78 is 2.02. The molecule has 4 heteroatoms. The lowest BCUT2D eigenvalue weighted by Gasteiger charge is -2.17. The first-order valence-corrected chi connectivity index (χ1v) is 7.91. The van der Waals surface area contributed by atoms with Crippen molar-refractivity contribution in [3.8, 4) is 0 Å². The van der Waals surface area contributed by atoms with Crippen LogP contribution < -0.4 is 5.32 Å². The SMILES string of the molecule is CCc1cc(CC(CNC)Cc2ccc(Cl)cc2)n(C)n1. The third kappa shape index (κ3) is 4.58. The average Bonchev–Trinajstić information content (AvgIpc) is 2.82. The molecule has 0 bridgehead atoms. The van der Waals surface area contributed by atoms with Crippen LogP contribution >= 0.6 is 11.6 Å².